The van der Waals surface area contributed by atoms with E-state index >= 15 is 0 Å². The first kappa shape index (κ1) is 8.39. The number of carboxylic acid groups (broad SMARTS) is 1. The van der Waals surface area contributed by atoms with Gasteiger partial charge in [-0.1, -0.05) is 6.07 Å². The fourth-order valence-electron chi connectivity index (χ4n) is 0.817. The normalized spacial score (nSPS) is 10.4. The van der Waals surface area contributed by atoms with Crippen LogP contribution in [0.25, 0.3) is 0 Å². The van der Waals surface area contributed by atoms with Crippen molar-refractivity contribution in [2.45, 2.75) is 0 Å². The summed E-state index contributed by atoms with van der Waals surface area (Å²) in [6, 6.07) is 6.30. The van der Waals surface area contributed by atoms with Crippen LogP contribution in [0.4, 0.5) is 5.69 Å². The lowest BCUT2D eigenvalue weighted by atomic mass is 10.2. The summed E-state index contributed by atoms with van der Waals surface area (Å²) in [5, 5.41) is 15.9. The molecule has 0 heterocycles. The predicted octanol–water partition coefficient (Wildman–Crippen LogP) is 2.10. The first-order chi connectivity index (χ1) is 5.74. The first-order valence-corrected chi connectivity index (χ1v) is 3.37. The minimum absolute atomic E-state index is 0.222. The molecular weight excluding hydrogens is 156 g/mol. The second kappa shape index (κ2) is 3.61. The third kappa shape index (κ3) is 1.88. The molecule has 0 unspecified atom stereocenters. The SMILES string of the molecule is C/N=N\c1cccc(C(=O)O)c1. The van der Waals surface area contributed by atoms with Crippen LogP contribution in [0.2, 0.25) is 0 Å². The minimum Gasteiger partial charge on any atom is -0.478 e. The minimum atomic E-state index is -0.955. The van der Waals surface area contributed by atoms with E-state index in [1.807, 2.05) is 0 Å². The molecule has 1 N–H and O–H groups in total. The summed E-state index contributed by atoms with van der Waals surface area (Å²) < 4.78 is 0. The van der Waals surface area contributed by atoms with E-state index < -0.39 is 5.97 Å². The lowest BCUT2D eigenvalue weighted by Gasteiger charge is -1.94. The molecule has 0 spiro atoms. The van der Waals surface area contributed by atoms with Gasteiger partial charge in [0.1, 0.15) is 0 Å². The molecule has 0 amide bonds. The van der Waals surface area contributed by atoms with Crippen molar-refractivity contribution in [2.75, 3.05) is 7.05 Å². The van der Waals surface area contributed by atoms with Crippen LogP contribution in [0.15, 0.2) is 34.5 Å². The molecule has 12 heavy (non-hydrogen) atoms. The monoisotopic (exact) mass is 164 g/mol. The van der Waals surface area contributed by atoms with Crippen molar-refractivity contribution < 1.29 is 9.90 Å². The van der Waals surface area contributed by atoms with Gasteiger partial charge in [-0.2, -0.15) is 10.2 Å². The summed E-state index contributed by atoms with van der Waals surface area (Å²) in [4.78, 5) is 10.5. The third-order valence-corrected chi connectivity index (χ3v) is 1.31. The maximum Gasteiger partial charge on any atom is 0.335 e. The standard InChI is InChI=1S/C8H8N2O2/c1-9-10-7-4-2-3-6(5-7)8(11)12/h2-5H,1H3,(H,11,12)/b10-9-. The predicted molar refractivity (Wildman–Crippen MR) is 43.8 cm³/mol. The van der Waals surface area contributed by atoms with E-state index in [1.54, 1.807) is 12.1 Å². The zero-order valence-electron chi connectivity index (χ0n) is 6.56. The van der Waals surface area contributed by atoms with Crippen molar-refractivity contribution in [3.05, 3.63) is 29.8 Å². The van der Waals surface area contributed by atoms with Gasteiger partial charge in [-0.05, 0) is 18.2 Å². The van der Waals surface area contributed by atoms with E-state index in [0.29, 0.717) is 5.69 Å². The Kier molecular flexibility index (Phi) is 2.53. The van der Waals surface area contributed by atoms with Crippen LogP contribution in [0.5, 0.6) is 0 Å². The molecule has 0 aromatic heterocycles. The number of carbonyl (C=O) groups is 1. The van der Waals surface area contributed by atoms with Gasteiger partial charge >= 0.3 is 5.97 Å². The average Bonchev–Trinajstić information content (AvgIpc) is 2.05. The molecule has 0 aliphatic rings. The number of aromatic carboxylic acids is 1. The zero-order valence-corrected chi connectivity index (χ0v) is 6.56. The van der Waals surface area contributed by atoms with E-state index in [9.17, 15) is 4.79 Å². The summed E-state index contributed by atoms with van der Waals surface area (Å²) in [5.41, 5.74) is 0.775. The third-order valence-electron chi connectivity index (χ3n) is 1.31. The Morgan fingerprint density at radius 3 is 2.83 bits per heavy atom. The number of hydrogen-bond acceptors (Lipinski definition) is 3. The summed E-state index contributed by atoms with van der Waals surface area (Å²) in [7, 11) is 1.54. The van der Waals surface area contributed by atoms with E-state index in [4.69, 9.17) is 5.11 Å². The van der Waals surface area contributed by atoms with Crippen LogP contribution in [-0.2, 0) is 0 Å². The van der Waals surface area contributed by atoms with E-state index in [1.165, 1.54) is 19.2 Å². The average molecular weight is 164 g/mol. The number of benzene rings is 1. The summed E-state index contributed by atoms with van der Waals surface area (Å²) in [5.74, 6) is -0.955. The zero-order chi connectivity index (χ0) is 8.97. The molecule has 0 radical (unpaired) electrons. The Labute approximate surface area is 69.6 Å². The van der Waals surface area contributed by atoms with Crippen LogP contribution in [0, 0.1) is 0 Å². The van der Waals surface area contributed by atoms with Gasteiger partial charge in [-0.3, -0.25) is 0 Å². The quantitative estimate of drug-likeness (QED) is 0.680. The topological polar surface area (TPSA) is 62.0 Å². The number of rotatable bonds is 2. The number of hydrogen-bond donors (Lipinski definition) is 1. The first-order valence-electron chi connectivity index (χ1n) is 3.37. The molecule has 1 rings (SSSR count). The second-order valence-electron chi connectivity index (χ2n) is 2.16. The Bertz CT molecular complexity index is 321. The molecule has 4 nitrogen and oxygen atoms in total. The highest BCUT2D eigenvalue weighted by Gasteiger charge is 2.01. The largest absolute Gasteiger partial charge is 0.478 e. The molecule has 0 atom stereocenters. The van der Waals surface area contributed by atoms with Gasteiger partial charge in [0, 0.05) is 7.05 Å². The highest BCUT2D eigenvalue weighted by Crippen LogP contribution is 2.13. The van der Waals surface area contributed by atoms with Crippen LogP contribution in [-0.4, -0.2) is 18.1 Å². The van der Waals surface area contributed by atoms with Crippen LogP contribution < -0.4 is 0 Å². The summed E-state index contributed by atoms with van der Waals surface area (Å²) in [6.07, 6.45) is 0. The van der Waals surface area contributed by atoms with Crippen molar-refractivity contribution in [1.29, 1.82) is 0 Å². The van der Waals surface area contributed by atoms with E-state index in [-0.39, 0.29) is 5.56 Å². The lowest BCUT2D eigenvalue weighted by Crippen LogP contribution is -1.94. The molecule has 62 valence electrons. The fraction of sp³-hybridized carbons (Fsp3) is 0.125. The molecular formula is C8H8N2O2. The maximum absolute atomic E-state index is 10.5. The molecule has 0 aliphatic heterocycles. The van der Waals surface area contributed by atoms with Gasteiger partial charge in [0.05, 0.1) is 11.3 Å². The van der Waals surface area contributed by atoms with Gasteiger partial charge in [-0.15, -0.1) is 0 Å². The highest BCUT2D eigenvalue weighted by atomic mass is 16.4. The van der Waals surface area contributed by atoms with Gasteiger partial charge in [0.2, 0.25) is 0 Å². The number of azo groups is 1. The van der Waals surface area contributed by atoms with Crippen molar-refractivity contribution in [3.63, 3.8) is 0 Å². The molecule has 1 aromatic carbocycles. The molecule has 1 aromatic rings. The Morgan fingerprint density at radius 2 is 2.25 bits per heavy atom. The molecule has 0 bridgehead atoms. The number of carboxylic acids is 1. The van der Waals surface area contributed by atoms with E-state index in [2.05, 4.69) is 10.2 Å². The Balaban J connectivity index is 3.03. The maximum atomic E-state index is 10.5. The van der Waals surface area contributed by atoms with Gasteiger partial charge in [-0.25, -0.2) is 4.79 Å². The smallest absolute Gasteiger partial charge is 0.335 e. The van der Waals surface area contributed by atoms with Gasteiger partial charge in [0.15, 0.2) is 0 Å². The summed E-state index contributed by atoms with van der Waals surface area (Å²) >= 11 is 0. The Morgan fingerprint density at radius 1 is 1.50 bits per heavy atom. The van der Waals surface area contributed by atoms with Crippen LogP contribution in [0.3, 0.4) is 0 Å². The van der Waals surface area contributed by atoms with Crippen molar-refractivity contribution in [3.8, 4) is 0 Å². The van der Waals surface area contributed by atoms with Crippen molar-refractivity contribution in [2.24, 2.45) is 10.2 Å². The number of nitrogens with zero attached hydrogens (tertiary/aromatic N) is 2. The van der Waals surface area contributed by atoms with Crippen molar-refractivity contribution in [1.82, 2.24) is 0 Å². The van der Waals surface area contributed by atoms with Crippen LogP contribution >= 0.6 is 0 Å². The summed E-state index contributed by atoms with van der Waals surface area (Å²) in [6.45, 7) is 0. The lowest BCUT2D eigenvalue weighted by molar-refractivity contribution is 0.0697. The highest BCUT2D eigenvalue weighted by molar-refractivity contribution is 5.88. The molecule has 0 saturated carbocycles. The molecule has 0 saturated heterocycles. The van der Waals surface area contributed by atoms with Crippen LogP contribution in [0.1, 0.15) is 10.4 Å². The molecule has 0 aliphatic carbocycles. The molecule has 4 heteroatoms. The Hall–Kier alpha value is -1.71. The fourth-order valence-corrected chi connectivity index (χ4v) is 0.817. The van der Waals surface area contributed by atoms with Crippen molar-refractivity contribution >= 4 is 11.7 Å². The second-order valence-corrected chi connectivity index (χ2v) is 2.16. The van der Waals surface area contributed by atoms with Gasteiger partial charge < -0.3 is 5.11 Å². The van der Waals surface area contributed by atoms with E-state index in [0.717, 1.165) is 0 Å². The van der Waals surface area contributed by atoms with Gasteiger partial charge in [0.25, 0.3) is 0 Å². The molecule has 0 fully saturated rings.